The summed E-state index contributed by atoms with van der Waals surface area (Å²) in [6.07, 6.45) is 0.102. The van der Waals surface area contributed by atoms with E-state index in [9.17, 15) is 9.59 Å². The molecule has 1 unspecified atom stereocenters. The maximum atomic E-state index is 11.5. The van der Waals surface area contributed by atoms with Crippen molar-refractivity contribution in [1.29, 1.82) is 0 Å². The van der Waals surface area contributed by atoms with Gasteiger partial charge in [-0.2, -0.15) is 0 Å². The Bertz CT molecular complexity index is 420. The first-order valence-corrected chi connectivity index (χ1v) is 5.18. The molecule has 6 nitrogen and oxygen atoms in total. The lowest BCUT2D eigenvalue weighted by Crippen LogP contribution is -2.38. The standard InChI is InChI=1S/C11H16N4O2/c1-7(5-10(13)16)14-11(17)15-9-4-2-3-8(12)6-9/h2-4,6-7H,5,12H2,1H3,(H2,13,16)(H2,14,15,17). The van der Waals surface area contributed by atoms with Crippen LogP contribution < -0.4 is 22.1 Å². The first-order chi connectivity index (χ1) is 7.97. The van der Waals surface area contributed by atoms with E-state index in [1.165, 1.54) is 0 Å². The molecule has 92 valence electrons. The number of rotatable bonds is 4. The molecule has 3 amide bonds. The van der Waals surface area contributed by atoms with Crippen LogP contribution in [0.15, 0.2) is 24.3 Å². The number of nitrogen functional groups attached to an aromatic ring is 1. The van der Waals surface area contributed by atoms with Crippen molar-refractivity contribution in [2.45, 2.75) is 19.4 Å². The van der Waals surface area contributed by atoms with Gasteiger partial charge in [0.1, 0.15) is 0 Å². The van der Waals surface area contributed by atoms with Gasteiger partial charge in [0.2, 0.25) is 5.91 Å². The summed E-state index contributed by atoms with van der Waals surface area (Å²) in [5.41, 5.74) is 11.7. The summed E-state index contributed by atoms with van der Waals surface area (Å²) in [5, 5.41) is 5.19. The topological polar surface area (TPSA) is 110 Å². The Balaban J connectivity index is 2.47. The summed E-state index contributed by atoms with van der Waals surface area (Å²) >= 11 is 0. The molecule has 1 rings (SSSR count). The number of carbonyl (C=O) groups excluding carboxylic acids is 2. The van der Waals surface area contributed by atoms with Gasteiger partial charge >= 0.3 is 6.03 Å². The van der Waals surface area contributed by atoms with Crippen molar-refractivity contribution in [1.82, 2.24) is 5.32 Å². The monoisotopic (exact) mass is 236 g/mol. The number of hydrogen-bond acceptors (Lipinski definition) is 3. The molecule has 0 bridgehead atoms. The minimum atomic E-state index is -0.457. The normalized spacial score (nSPS) is 11.6. The number of nitrogens with two attached hydrogens (primary N) is 2. The smallest absolute Gasteiger partial charge is 0.319 e. The van der Waals surface area contributed by atoms with Crippen LogP contribution in [0.3, 0.4) is 0 Å². The largest absolute Gasteiger partial charge is 0.399 e. The van der Waals surface area contributed by atoms with Crippen LogP contribution in [-0.2, 0) is 4.79 Å². The van der Waals surface area contributed by atoms with Crippen LogP contribution in [0.2, 0.25) is 0 Å². The van der Waals surface area contributed by atoms with E-state index in [-0.39, 0.29) is 12.5 Å². The SMILES string of the molecule is CC(CC(N)=O)NC(=O)Nc1cccc(N)c1. The third kappa shape index (κ3) is 4.87. The van der Waals surface area contributed by atoms with Crippen LogP contribution >= 0.6 is 0 Å². The lowest BCUT2D eigenvalue weighted by molar-refractivity contribution is -0.118. The van der Waals surface area contributed by atoms with Crippen molar-refractivity contribution in [3.8, 4) is 0 Å². The van der Waals surface area contributed by atoms with Crippen LogP contribution in [-0.4, -0.2) is 18.0 Å². The Hall–Kier alpha value is -2.24. The van der Waals surface area contributed by atoms with Crippen molar-refractivity contribution in [3.05, 3.63) is 24.3 Å². The zero-order valence-corrected chi connectivity index (χ0v) is 9.57. The van der Waals surface area contributed by atoms with E-state index >= 15 is 0 Å². The quantitative estimate of drug-likeness (QED) is 0.576. The molecule has 6 N–H and O–H groups in total. The summed E-state index contributed by atoms with van der Waals surface area (Å²) in [5.74, 6) is -0.457. The number of carbonyl (C=O) groups is 2. The molecule has 0 heterocycles. The van der Waals surface area contributed by atoms with Gasteiger partial charge in [0.15, 0.2) is 0 Å². The molecule has 0 saturated heterocycles. The molecular formula is C11H16N4O2. The fourth-order valence-electron chi connectivity index (χ4n) is 1.36. The second-order valence-electron chi connectivity index (χ2n) is 3.80. The molecular weight excluding hydrogens is 220 g/mol. The third-order valence-corrected chi connectivity index (χ3v) is 2.03. The molecule has 6 heteroatoms. The van der Waals surface area contributed by atoms with E-state index in [1.807, 2.05) is 0 Å². The van der Waals surface area contributed by atoms with Gasteiger partial charge in [-0.3, -0.25) is 4.79 Å². The first kappa shape index (κ1) is 12.8. The average molecular weight is 236 g/mol. The number of nitrogens with one attached hydrogen (secondary N) is 2. The van der Waals surface area contributed by atoms with Gasteiger partial charge in [-0.15, -0.1) is 0 Å². The zero-order chi connectivity index (χ0) is 12.8. The van der Waals surface area contributed by atoms with Gasteiger partial charge in [-0.25, -0.2) is 4.79 Å². The van der Waals surface area contributed by atoms with E-state index in [2.05, 4.69) is 10.6 Å². The fourth-order valence-corrected chi connectivity index (χ4v) is 1.36. The highest BCUT2D eigenvalue weighted by Crippen LogP contribution is 2.11. The molecule has 1 aromatic rings. The third-order valence-electron chi connectivity index (χ3n) is 2.03. The minimum Gasteiger partial charge on any atom is -0.399 e. The maximum absolute atomic E-state index is 11.5. The van der Waals surface area contributed by atoms with Gasteiger partial charge < -0.3 is 22.1 Å². The van der Waals surface area contributed by atoms with E-state index in [4.69, 9.17) is 11.5 Å². The number of amides is 3. The maximum Gasteiger partial charge on any atom is 0.319 e. The van der Waals surface area contributed by atoms with E-state index in [0.29, 0.717) is 11.4 Å². The van der Waals surface area contributed by atoms with E-state index < -0.39 is 11.9 Å². The Labute approximate surface area is 99.4 Å². The fraction of sp³-hybridized carbons (Fsp3) is 0.273. The van der Waals surface area contributed by atoms with Gasteiger partial charge in [0, 0.05) is 23.8 Å². The van der Waals surface area contributed by atoms with Crippen molar-refractivity contribution in [2.24, 2.45) is 5.73 Å². The first-order valence-electron chi connectivity index (χ1n) is 5.18. The van der Waals surface area contributed by atoms with Crippen molar-refractivity contribution < 1.29 is 9.59 Å². The minimum absolute atomic E-state index is 0.102. The number of primary amides is 1. The number of benzene rings is 1. The summed E-state index contributed by atoms with van der Waals surface area (Å²) in [7, 11) is 0. The summed E-state index contributed by atoms with van der Waals surface area (Å²) in [6, 6.07) is 6.10. The van der Waals surface area contributed by atoms with Crippen LogP contribution in [0.4, 0.5) is 16.2 Å². The van der Waals surface area contributed by atoms with Crippen LogP contribution in [0.1, 0.15) is 13.3 Å². The lowest BCUT2D eigenvalue weighted by atomic mass is 10.2. The second-order valence-corrected chi connectivity index (χ2v) is 3.80. The number of hydrogen-bond donors (Lipinski definition) is 4. The molecule has 0 fully saturated rings. The van der Waals surface area contributed by atoms with Crippen molar-refractivity contribution in [3.63, 3.8) is 0 Å². The van der Waals surface area contributed by atoms with Crippen molar-refractivity contribution in [2.75, 3.05) is 11.1 Å². The molecule has 0 aromatic heterocycles. The molecule has 0 saturated carbocycles. The zero-order valence-electron chi connectivity index (χ0n) is 9.57. The Morgan fingerprint density at radius 3 is 2.71 bits per heavy atom. The summed E-state index contributed by atoms with van der Waals surface area (Å²) < 4.78 is 0. The van der Waals surface area contributed by atoms with Crippen LogP contribution in [0.5, 0.6) is 0 Å². The Morgan fingerprint density at radius 2 is 2.12 bits per heavy atom. The van der Waals surface area contributed by atoms with Crippen LogP contribution in [0, 0.1) is 0 Å². The highest BCUT2D eigenvalue weighted by Gasteiger charge is 2.09. The lowest BCUT2D eigenvalue weighted by Gasteiger charge is -2.13. The molecule has 0 spiro atoms. The molecule has 1 aromatic carbocycles. The molecule has 17 heavy (non-hydrogen) atoms. The highest BCUT2D eigenvalue weighted by atomic mass is 16.2. The van der Waals surface area contributed by atoms with Gasteiger partial charge in [0.25, 0.3) is 0 Å². The van der Waals surface area contributed by atoms with Crippen molar-refractivity contribution >= 4 is 23.3 Å². The van der Waals surface area contributed by atoms with Crippen LogP contribution in [0.25, 0.3) is 0 Å². The molecule has 0 radical (unpaired) electrons. The second kappa shape index (κ2) is 5.74. The molecule has 1 atom stereocenters. The van der Waals surface area contributed by atoms with Gasteiger partial charge in [-0.1, -0.05) is 6.07 Å². The number of anilines is 2. The summed E-state index contributed by atoms with van der Waals surface area (Å²) in [6.45, 7) is 1.70. The predicted molar refractivity (Wildman–Crippen MR) is 66.3 cm³/mol. The van der Waals surface area contributed by atoms with Gasteiger partial charge in [0.05, 0.1) is 0 Å². The molecule has 0 aliphatic rings. The predicted octanol–water partition coefficient (Wildman–Crippen LogP) is 0.654. The highest BCUT2D eigenvalue weighted by molar-refractivity contribution is 5.90. The van der Waals surface area contributed by atoms with E-state index in [1.54, 1.807) is 31.2 Å². The average Bonchev–Trinajstić information content (AvgIpc) is 2.14. The Morgan fingerprint density at radius 1 is 1.41 bits per heavy atom. The molecule has 0 aliphatic carbocycles. The summed E-state index contributed by atoms with van der Waals surface area (Å²) in [4.78, 5) is 22.1. The number of urea groups is 1. The van der Waals surface area contributed by atoms with E-state index in [0.717, 1.165) is 0 Å². The molecule has 0 aliphatic heterocycles. The van der Waals surface area contributed by atoms with Gasteiger partial charge in [-0.05, 0) is 25.1 Å². The Kier molecular flexibility index (Phi) is 4.33.